The molecule has 0 saturated heterocycles. The van der Waals surface area contributed by atoms with E-state index in [-0.39, 0.29) is 0 Å². The van der Waals surface area contributed by atoms with Crippen molar-refractivity contribution in [3.8, 4) is 0 Å². The number of fused-ring (bicyclic) bond motifs is 1. The van der Waals surface area contributed by atoms with Gasteiger partial charge < -0.3 is 10.1 Å². The van der Waals surface area contributed by atoms with Crippen molar-refractivity contribution >= 4 is 23.7 Å². The summed E-state index contributed by atoms with van der Waals surface area (Å²) in [6, 6.07) is 17.0. The van der Waals surface area contributed by atoms with E-state index in [0.29, 0.717) is 6.54 Å². The van der Waals surface area contributed by atoms with Crippen LogP contribution in [-0.4, -0.2) is 13.0 Å². The third-order valence-corrected chi connectivity index (χ3v) is 4.55. The van der Waals surface area contributed by atoms with Crippen LogP contribution in [-0.2, 0) is 11.2 Å². The average molecular weight is 561 g/mol. The van der Waals surface area contributed by atoms with Gasteiger partial charge in [0.15, 0.2) is 0 Å². The van der Waals surface area contributed by atoms with Crippen LogP contribution in [0.3, 0.4) is 0 Å². The molecule has 0 radical (unpaired) electrons. The Morgan fingerprint density at radius 2 is 1.91 bits per heavy atom. The van der Waals surface area contributed by atoms with Crippen LogP contribution in [0.4, 0.5) is 0 Å². The SMILES string of the molecule is O=[C-]NCC1=CCCc2cc(Sc3ccccc3)ccc21.[Rf]. The van der Waals surface area contributed by atoms with Gasteiger partial charge in [0, 0.05) is 16.3 Å². The standard InChI is InChI=1S/C18H16NOS.Rf/c20-13-19-12-15-6-4-5-14-11-17(9-10-18(14)15)21-16-7-2-1-3-8-16;/h1-3,6-11H,4-5,12H2,(H,19,20);/q-1;. The minimum atomic E-state index is 0. The number of hydrogen-bond acceptors (Lipinski definition) is 2. The summed E-state index contributed by atoms with van der Waals surface area (Å²) in [5, 5.41) is 2.63. The van der Waals surface area contributed by atoms with Crippen LogP contribution in [0, 0.1) is 0 Å². The Morgan fingerprint density at radius 1 is 1.09 bits per heavy atom. The molecule has 0 atom stereocenters. The monoisotopic (exact) mass is 561 g/mol. The zero-order valence-electron chi connectivity index (χ0n) is 12.3. The van der Waals surface area contributed by atoms with Crippen LogP contribution in [0.15, 0.2) is 64.4 Å². The Balaban J connectivity index is 0.00000176. The van der Waals surface area contributed by atoms with Crippen molar-refractivity contribution in [2.24, 2.45) is 0 Å². The summed E-state index contributed by atoms with van der Waals surface area (Å²) in [7, 11) is 0. The van der Waals surface area contributed by atoms with Crippen LogP contribution in [0.5, 0.6) is 0 Å². The maximum absolute atomic E-state index is 10.4. The molecule has 4 heteroatoms. The van der Waals surface area contributed by atoms with Crippen LogP contribution < -0.4 is 5.32 Å². The summed E-state index contributed by atoms with van der Waals surface area (Å²) in [4.78, 5) is 12.9. The van der Waals surface area contributed by atoms with Crippen molar-refractivity contribution in [2.45, 2.75) is 22.6 Å². The molecule has 2 aromatic carbocycles. The van der Waals surface area contributed by atoms with Gasteiger partial charge in [-0.15, -0.1) is 0 Å². The van der Waals surface area contributed by atoms with E-state index < -0.39 is 0 Å². The summed E-state index contributed by atoms with van der Waals surface area (Å²) >= 11 is 1.78. The van der Waals surface area contributed by atoms with Crippen molar-refractivity contribution in [2.75, 3.05) is 6.54 Å². The molecule has 0 heterocycles. The minimum absolute atomic E-state index is 0. The molecule has 0 aliphatic heterocycles. The number of carbonyl (C=O) groups excluding carboxylic acids is 1. The van der Waals surface area contributed by atoms with E-state index in [1.807, 2.05) is 6.07 Å². The predicted octanol–water partition coefficient (Wildman–Crippen LogP) is 3.82. The molecule has 0 spiro atoms. The molecule has 0 fully saturated rings. The van der Waals surface area contributed by atoms with E-state index in [9.17, 15) is 4.79 Å². The Morgan fingerprint density at radius 3 is 2.68 bits per heavy atom. The molecule has 2 nitrogen and oxygen atoms in total. The molecule has 1 N–H and O–H groups in total. The van der Waals surface area contributed by atoms with Gasteiger partial charge >= 0.3 is 0 Å². The molecule has 1 aliphatic carbocycles. The fourth-order valence-corrected chi connectivity index (χ4v) is 3.49. The summed E-state index contributed by atoms with van der Waals surface area (Å²) in [6.07, 6.45) is 6.04. The topological polar surface area (TPSA) is 29.1 Å². The van der Waals surface area contributed by atoms with Gasteiger partial charge in [-0.05, 0) is 53.8 Å². The number of aryl methyl sites for hydroxylation is 1. The molecule has 22 heavy (non-hydrogen) atoms. The summed E-state index contributed by atoms with van der Waals surface area (Å²) in [5.41, 5.74) is 3.80. The molecule has 0 unspecified atom stereocenters. The van der Waals surface area contributed by atoms with Crippen LogP contribution >= 0.6 is 11.8 Å². The summed E-state index contributed by atoms with van der Waals surface area (Å²) in [6.45, 7) is 0.557. The number of allylic oxidation sites excluding steroid dienone is 1. The summed E-state index contributed by atoms with van der Waals surface area (Å²) in [5.74, 6) is 0. The second-order valence-electron chi connectivity index (χ2n) is 4.96. The molecule has 3 rings (SSSR count). The number of benzene rings is 2. The van der Waals surface area contributed by atoms with Gasteiger partial charge in [0.2, 0.25) is 0 Å². The first-order valence-corrected chi connectivity index (χ1v) is 7.84. The number of rotatable bonds is 5. The third-order valence-electron chi connectivity index (χ3n) is 3.56. The second kappa shape index (κ2) is 7.14. The van der Waals surface area contributed by atoms with Gasteiger partial charge in [-0.1, -0.05) is 42.1 Å². The zero-order valence-corrected chi connectivity index (χ0v) is 19.6. The number of nitrogens with one attached hydrogen (secondary N) is 1. The van der Waals surface area contributed by atoms with Gasteiger partial charge in [0.1, 0.15) is 0 Å². The van der Waals surface area contributed by atoms with Crippen molar-refractivity contribution < 1.29 is 4.79 Å². The maximum Gasteiger partial charge on any atom is 0.0125 e. The van der Waals surface area contributed by atoms with Gasteiger partial charge in [-0.3, -0.25) is 0 Å². The van der Waals surface area contributed by atoms with E-state index in [1.165, 1.54) is 26.5 Å². The predicted molar refractivity (Wildman–Crippen MR) is 87.0 cm³/mol. The third kappa shape index (κ3) is 3.36. The van der Waals surface area contributed by atoms with E-state index in [2.05, 4.69) is 53.9 Å². The Bertz CT molecular complexity index is 670. The quantitative estimate of drug-likeness (QED) is 0.445. The fourth-order valence-electron chi connectivity index (χ4n) is 2.59. The maximum atomic E-state index is 10.4. The van der Waals surface area contributed by atoms with Gasteiger partial charge in [-0.2, -0.15) is 6.41 Å². The normalized spacial score (nSPS) is 12.6. The van der Waals surface area contributed by atoms with Gasteiger partial charge in [0.25, 0.3) is 0 Å². The first-order chi connectivity index (χ1) is 10.4. The number of hydrogen-bond donors (Lipinski definition) is 1. The van der Waals surface area contributed by atoms with Gasteiger partial charge in [-0.25, -0.2) is 0 Å². The van der Waals surface area contributed by atoms with Crippen LogP contribution in [0.1, 0.15) is 17.5 Å². The van der Waals surface area contributed by atoms with Gasteiger partial charge in [0.05, 0.1) is 0 Å². The van der Waals surface area contributed by atoms with Crippen molar-refractivity contribution in [1.82, 2.24) is 5.32 Å². The minimum Gasteiger partial charge on any atom is -0.526 e. The van der Waals surface area contributed by atoms with Crippen molar-refractivity contribution in [1.29, 1.82) is 0 Å². The summed E-state index contributed by atoms with van der Waals surface area (Å²) < 4.78 is 0. The van der Waals surface area contributed by atoms with Crippen LogP contribution in [0.25, 0.3) is 5.57 Å². The first kappa shape index (κ1) is 15.4. The van der Waals surface area contributed by atoms with Crippen molar-refractivity contribution in [3.63, 3.8) is 0 Å². The molecular formula is C18H16NORfS-. The second-order valence-corrected chi connectivity index (χ2v) is 6.10. The molecule has 0 bridgehead atoms. The van der Waals surface area contributed by atoms with Crippen LogP contribution in [0.2, 0.25) is 0 Å². The smallest absolute Gasteiger partial charge is 0.0125 e. The molecule has 0 saturated carbocycles. The zero-order chi connectivity index (χ0) is 14.5. The molecule has 2 aromatic rings. The Hall–Kier alpha value is -3.00. The molecule has 108 valence electrons. The molecule has 1 aliphatic rings. The van der Waals surface area contributed by atoms with Crippen molar-refractivity contribution in [3.05, 3.63) is 65.7 Å². The Labute approximate surface area is 129 Å². The molecule has 1 amide bonds. The average Bonchev–Trinajstić information content (AvgIpc) is 2.53. The van der Waals surface area contributed by atoms with E-state index in [1.54, 1.807) is 18.2 Å². The van der Waals surface area contributed by atoms with E-state index in [4.69, 9.17) is 0 Å². The van der Waals surface area contributed by atoms with E-state index >= 15 is 0 Å². The molecule has 0 aromatic heterocycles. The Kier molecular flexibility index (Phi) is 4.99. The first-order valence-electron chi connectivity index (χ1n) is 7.02. The number of amides is 1. The largest absolute Gasteiger partial charge is 0.526 e. The van der Waals surface area contributed by atoms with E-state index in [0.717, 1.165) is 12.8 Å². The molecular weight excluding hydrogens is 545 g/mol. The fraction of sp³-hybridized carbons (Fsp3) is 0.167.